The van der Waals surface area contributed by atoms with E-state index >= 15 is 0 Å². The van der Waals surface area contributed by atoms with Crippen LogP contribution in [0.4, 0.5) is 0 Å². The van der Waals surface area contributed by atoms with Crippen molar-refractivity contribution in [3.63, 3.8) is 0 Å². The molecule has 0 saturated carbocycles. The second kappa shape index (κ2) is 6.02. The first-order valence-corrected chi connectivity index (χ1v) is 7.77. The number of hydrogen-bond acceptors (Lipinski definition) is 3. The van der Waals surface area contributed by atoms with E-state index < -0.39 is 6.10 Å². The molecule has 6 heteroatoms. The first-order valence-electron chi connectivity index (χ1n) is 5.41. The van der Waals surface area contributed by atoms with E-state index in [0.29, 0.717) is 21.4 Å². The van der Waals surface area contributed by atoms with E-state index in [4.69, 9.17) is 27.9 Å². The van der Waals surface area contributed by atoms with Crippen LogP contribution in [0.1, 0.15) is 22.1 Å². The first kappa shape index (κ1) is 15.1. The smallest absolute Gasteiger partial charge is 0.138 e. The van der Waals surface area contributed by atoms with Gasteiger partial charge in [0.05, 0.1) is 20.9 Å². The molecule has 0 aliphatic heterocycles. The van der Waals surface area contributed by atoms with Crippen LogP contribution in [0.25, 0.3) is 0 Å². The van der Waals surface area contributed by atoms with Gasteiger partial charge in [-0.25, -0.2) is 0 Å². The van der Waals surface area contributed by atoms with Crippen LogP contribution in [0.15, 0.2) is 22.0 Å². The number of thiophene rings is 1. The van der Waals surface area contributed by atoms with Crippen molar-refractivity contribution in [1.29, 1.82) is 0 Å². The summed E-state index contributed by atoms with van der Waals surface area (Å²) in [5, 5.41) is 11.3. The van der Waals surface area contributed by atoms with Crippen LogP contribution >= 0.6 is 50.5 Å². The number of hydrogen-bond donors (Lipinski definition) is 1. The van der Waals surface area contributed by atoms with Gasteiger partial charge in [0.2, 0.25) is 0 Å². The lowest BCUT2D eigenvalue weighted by Gasteiger charge is -2.13. The van der Waals surface area contributed by atoms with Crippen molar-refractivity contribution in [3.8, 4) is 5.75 Å². The molecule has 1 unspecified atom stereocenters. The SMILES string of the molecule is COc1cc(Cl)c(C(O)c2cc(C)c(Br)s2)cc1Cl. The minimum absolute atomic E-state index is 0.424. The van der Waals surface area contributed by atoms with Gasteiger partial charge < -0.3 is 9.84 Å². The molecule has 1 aromatic heterocycles. The van der Waals surface area contributed by atoms with Gasteiger partial charge in [-0.2, -0.15) is 0 Å². The molecule has 102 valence electrons. The lowest BCUT2D eigenvalue weighted by molar-refractivity contribution is 0.224. The van der Waals surface area contributed by atoms with Gasteiger partial charge in [-0.15, -0.1) is 11.3 Å². The number of ether oxygens (including phenoxy) is 1. The van der Waals surface area contributed by atoms with E-state index in [1.54, 1.807) is 12.1 Å². The highest BCUT2D eigenvalue weighted by molar-refractivity contribution is 9.11. The molecule has 0 bridgehead atoms. The zero-order valence-corrected chi connectivity index (χ0v) is 14.1. The Bertz CT molecular complexity index is 593. The molecule has 1 N–H and O–H groups in total. The summed E-state index contributed by atoms with van der Waals surface area (Å²) in [4.78, 5) is 0.813. The van der Waals surface area contributed by atoms with Gasteiger partial charge in [-0.3, -0.25) is 0 Å². The zero-order valence-electron chi connectivity index (χ0n) is 10.2. The van der Waals surface area contributed by atoms with Crippen molar-refractivity contribution in [1.82, 2.24) is 0 Å². The molecule has 2 aromatic rings. The largest absolute Gasteiger partial charge is 0.495 e. The minimum Gasteiger partial charge on any atom is -0.495 e. The number of aryl methyl sites for hydroxylation is 1. The molecule has 0 spiro atoms. The second-order valence-corrected chi connectivity index (χ2v) is 7.23. The molecule has 0 amide bonds. The molecular weight excluding hydrogens is 371 g/mol. The Morgan fingerprint density at radius 2 is 1.95 bits per heavy atom. The highest BCUT2D eigenvalue weighted by atomic mass is 79.9. The van der Waals surface area contributed by atoms with Gasteiger partial charge >= 0.3 is 0 Å². The van der Waals surface area contributed by atoms with Crippen LogP contribution in [-0.4, -0.2) is 12.2 Å². The first-order chi connectivity index (χ1) is 8.93. The van der Waals surface area contributed by atoms with Crippen LogP contribution in [0.3, 0.4) is 0 Å². The van der Waals surface area contributed by atoms with E-state index in [1.807, 2.05) is 13.0 Å². The molecule has 2 rings (SSSR count). The molecule has 1 aromatic carbocycles. The van der Waals surface area contributed by atoms with Crippen LogP contribution in [0, 0.1) is 6.92 Å². The molecule has 19 heavy (non-hydrogen) atoms. The number of benzene rings is 1. The quantitative estimate of drug-likeness (QED) is 0.789. The Labute approximate surface area is 134 Å². The van der Waals surface area contributed by atoms with Crippen LogP contribution in [0.2, 0.25) is 10.0 Å². The fourth-order valence-corrected chi connectivity index (χ4v) is 3.76. The Morgan fingerprint density at radius 3 is 2.47 bits per heavy atom. The highest BCUT2D eigenvalue weighted by Crippen LogP contribution is 2.39. The number of aliphatic hydroxyl groups is 1. The van der Waals surface area contributed by atoms with Gasteiger partial charge in [0.1, 0.15) is 11.9 Å². The number of rotatable bonds is 3. The monoisotopic (exact) mass is 380 g/mol. The average molecular weight is 382 g/mol. The molecular formula is C13H11BrCl2O2S. The summed E-state index contributed by atoms with van der Waals surface area (Å²) in [6, 6.07) is 5.17. The van der Waals surface area contributed by atoms with Crippen molar-refractivity contribution >= 4 is 50.5 Å². The Kier molecular flexibility index (Phi) is 4.79. The van der Waals surface area contributed by atoms with Crippen molar-refractivity contribution in [3.05, 3.63) is 48.0 Å². The third-order valence-corrected chi connectivity index (χ3v) is 5.52. The molecule has 1 atom stereocenters. The van der Waals surface area contributed by atoms with E-state index in [-0.39, 0.29) is 0 Å². The summed E-state index contributed by atoms with van der Waals surface area (Å²) in [6.07, 6.45) is -0.800. The molecule has 0 aliphatic carbocycles. The van der Waals surface area contributed by atoms with E-state index in [2.05, 4.69) is 15.9 Å². The topological polar surface area (TPSA) is 29.5 Å². The van der Waals surface area contributed by atoms with Crippen molar-refractivity contribution in [2.75, 3.05) is 7.11 Å². The van der Waals surface area contributed by atoms with Crippen molar-refractivity contribution < 1.29 is 9.84 Å². The maximum absolute atomic E-state index is 10.4. The molecule has 2 nitrogen and oxygen atoms in total. The predicted octanol–water partition coefficient (Wildman–Crippen LogP) is 5.22. The minimum atomic E-state index is -0.800. The lowest BCUT2D eigenvalue weighted by Crippen LogP contribution is -1.99. The van der Waals surface area contributed by atoms with Crippen molar-refractivity contribution in [2.45, 2.75) is 13.0 Å². The van der Waals surface area contributed by atoms with E-state index in [0.717, 1.165) is 14.2 Å². The zero-order chi connectivity index (χ0) is 14.2. The number of methoxy groups -OCH3 is 1. The van der Waals surface area contributed by atoms with Crippen LogP contribution < -0.4 is 4.74 Å². The molecule has 0 radical (unpaired) electrons. The van der Waals surface area contributed by atoms with Crippen LogP contribution in [-0.2, 0) is 0 Å². The fraction of sp³-hybridized carbons (Fsp3) is 0.231. The molecule has 0 fully saturated rings. The summed E-state index contributed by atoms with van der Waals surface area (Å²) in [7, 11) is 1.52. The lowest BCUT2D eigenvalue weighted by atomic mass is 10.1. The Hall–Kier alpha value is -0.260. The van der Waals surface area contributed by atoms with E-state index in [9.17, 15) is 5.11 Å². The summed E-state index contributed by atoms with van der Waals surface area (Å²) >= 11 is 17.2. The fourth-order valence-electron chi connectivity index (χ4n) is 1.68. The Morgan fingerprint density at radius 1 is 1.26 bits per heavy atom. The van der Waals surface area contributed by atoms with Crippen molar-refractivity contribution in [2.24, 2.45) is 0 Å². The summed E-state index contributed by atoms with van der Waals surface area (Å²) < 4.78 is 6.08. The summed E-state index contributed by atoms with van der Waals surface area (Å²) in [5.74, 6) is 0.492. The maximum atomic E-state index is 10.4. The highest BCUT2D eigenvalue weighted by Gasteiger charge is 2.19. The normalized spacial score (nSPS) is 12.5. The standard InChI is InChI=1S/C13H11BrCl2O2S/c1-6-3-11(19-13(6)14)12(17)7-4-9(16)10(18-2)5-8(7)15/h3-5,12,17H,1-2H3. The number of aliphatic hydroxyl groups excluding tert-OH is 1. The third kappa shape index (κ3) is 3.09. The third-order valence-electron chi connectivity index (χ3n) is 2.71. The van der Waals surface area contributed by atoms with Gasteiger partial charge in [-0.05, 0) is 40.5 Å². The second-order valence-electron chi connectivity index (χ2n) is 4.02. The number of halogens is 3. The molecule has 0 saturated heterocycles. The van der Waals surface area contributed by atoms with Gasteiger partial charge in [-0.1, -0.05) is 23.2 Å². The van der Waals surface area contributed by atoms with E-state index in [1.165, 1.54) is 18.4 Å². The molecule has 0 aliphatic rings. The maximum Gasteiger partial charge on any atom is 0.138 e. The van der Waals surface area contributed by atoms with Gasteiger partial charge in [0.25, 0.3) is 0 Å². The van der Waals surface area contributed by atoms with Gasteiger partial charge in [0, 0.05) is 16.5 Å². The summed E-state index contributed by atoms with van der Waals surface area (Å²) in [6.45, 7) is 1.97. The molecule has 1 heterocycles. The van der Waals surface area contributed by atoms with Gasteiger partial charge in [0.15, 0.2) is 0 Å². The predicted molar refractivity (Wildman–Crippen MR) is 83.8 cm³/mol. The summed E-state index contributed by atoms with van der Waals surface area (Å²) in [5.41, 5.74) is 1.65. The Balaban J connectivity index is 2.44. The average Bonchev–Trinajstić information content (AvgIpc) is 2.71. The van der Waals surface area contributed by atoms with Crippen LogP contribution in [0.5, 0.6) is 5.75 Å².